The van der Waals surface area contributed by atoms with E-state index in [1.165, 1.54) is 32.7 Å². The van der Waals surface area contributed by atoms with Gasteiger partial charge in [0.05, 0.1) is 35.3 Å². The van der Waals surface area contributed by atoms with E-state index in [1.54, 1.807) is 6.07 Å². The lowest BCUT2D eigenvalue weighted by atomic mass is 10.1. The zero-order valence-electron chi connectivity index (χ0n) is 20.4. The minimum absolute atomic E-state index is 0.00636. The van der Waals surface area contributed by atoms with Crippen LogP contribution in [0.25, 0.3) is 0 Å². The van der Waals surface area contributed by atoms with Gasteiger partial charge >= 0.3 is 6.18 Å². The first-order valence-electron chi connectivity index (χ1n) is 11.8. The highest BCUT2D eigenvalue weighted by atomic mass is 19.4. The molecule has 1 saturated heterocycles. The number of ether oxygens (including phenoxy) is 1. The minimum Gasteiger partial charge on any atom is -0.494 e. The molecule has 3 N–H and O–H groups in total. The fourth-order valence-corrected chi connectivity index (χ4v) is 4.22. The molecular weight excluding hydrogens is 490 g/mol. The second-order valence-corrected chi connectivity index (χ2v) is 8.56. The fourth-order valence-electron chi connectivity index (χ4n) is 4.22. The van der Waals surface area contributed by atoms with Crippen LogP contribution in [-0.4, -0.2) is 38.1 Å². The molecule has 0 bridgehead atoms. The molecule has 1 fully saturated rings. The molecule has 4 rings (SSSR count). The predicted octanol–water partition coefficient (Wildman–Crippen LogP) is 6.09. The van der Waals surface area contributed by atoms with Crippen molar-refractivity contribution in [3.05, 3.63) is 65.6 Å². The third kappa shape index (κ3) is 6.04. The summed E-state index contributed by atoms with van der Waals surface area (Å²) < 4.78 is 60.6. The number of methoxy groups -OCH3 is 1. The third-order valence-electron chi connectivity index (χ3n) is 6.10. The number of hydrogen-bond donors (Lipinski definition) is 3. The SMILES string of the molecule is CNC(=O)c1cc(F)ccc1Nc1cc(Nc2ccc(N3CCCCC3)cc2OC)ncc1C(F)(F)F. The van der Waals surface area contributed by atoms with Crippen LogP contribution in [0.4, 0.5) is 46.1 Å². The normalized spacial score (nSPS) is 13.7. The van der Waals surface area contributed by atoms with Gasteiger partial charge in [-0.05, 0) is 49.6 Å². The molecule has 2 heterocycles. The summed E-state index contributed by atoms with van der Waals surface area (Å²) in [5, 5.41) is 8.00. The van der Waals surface area contributed by atoms with Gasteiger partial charge in [0.1, 0.15) is 17.4 Å². The zero-order chi connectivity index (χ0) is 26.6. The Morgan fingerprint density at radius 2 is 1.70 bits per heavy atom. The number of halogens is 4. The Kier molecular flexibility index (Phi) is 7.70. The van der Waals surface area contributed by atoms with E-state index in [2.05, 4.69) is 25.8 Å². The van der Waals surface area contributed by atoms with Crippen LogP contribution in [0.2, 0.25) is 0 Å². The minimum atomic E-state index is -4.73. The molecule has 1 aliphatic rings. The van der Waals surface area contributed by atoms with Crippen LogP contribution in [0.15, 0.2) is 48.7 Å². The standard InChI is InChI=1S/C26H27F4N5O2/c1-31-25(36)18-12-16(27)6-8-20(18)33-22-14-24(32-15-19(22)26(28,29)30)34-21-9-7-17(13-23(21)37-2)35-10-4-3-5-11-35/h6-9,12-15H,3-5,10-11H2,1-2H3,(H,31,36)(H2,32,33,34). The van der Waals surface area contributed by atoms with Gasteiger partial charge in [-0.25, -0.2) is 9.37 Å². The Labute approximate surface area is 211 Å². The van der Waals surface area contributed by atoms with Gasteiger partial charge in [0.2, 0.25) is 0 Å². The van der Waals surface area contributed by atoms with Gasteiger partial charge in [-0.15, -0.1) is 0 Å². The fraction of sp³-hybridized carbons (Fsp3) is 0.308. The van der Waals surface area contributed by atoms with E-state index < -0.39 is 23.5 Å². The Hall–Kier alpha value is -4.02. The smallest absolute Gasteiger partial charge is 0.419 e. The first kappa shape index (κ1) is 26.1. The number of pyridine rings is 1. The summed E-state index contributed by atoms with van der Waals surface area (Å²) in [6, 6.07) is 9.98. The number of benzene rings is 2. The number of alkyl halides is 3. The summed E-state index contributed by atoms with van der Waals surface area (Å²) in [5.74, 6) is -0.721. The summed E-state index contributed by atoms with van der Waals surface area (Å²) in [6.45, 7) is 1.90. The molecule has 0 saturated carbocycles. The number of piperidine rings is 1. The van der Waals surface area contributed by atoms with Gasteiger partial charge in [0.15, 0.2) is 0 Å². The number of nitrogens with one attached hydrogen (secondary N) is 3. The molecule has 3 aromatic rings. The van der Waals surface area contributed by atoms with Crippen molar-refractivity contribution >= 4 is 34.5 Å². The van der Waals surface area contributed by atoms with Crippen molar-refractivity contribution in [3.8, 4) is 5.75 Å². The number of hydrogen-bond acceptors (Lipinski definition) is 6. The Morgan fingerprint density at radius 1 is 0.973 bits per heavy atom. The highest BCUT2D eigenvalue weighted by Crippen LogP contribution is 2.39. The summed E-state index contributed by atoms with van der Waals surface area (Å²) in [6.07, 6.45) is -0.602. The number of rotatable bonds is 7. The lowest BCUT2D eigenvalue weighted by molar-refractivity contribution is -0.137. The first-order valence-corrected chi connectivity index (χ1v) is 11.8. The topological polar surface area (TPSA) is 78.5 Å². The number of nitrogens with zero attached hydrogens (tertiary/aromatic N) is 2. The monoisotopic (exact) mass is 517 g/mol. The molecule has 1 aromatic heterocycles. The van der Waals surface area contributed by atoms with Crippen LogP contribution in [0, 0.1) is 5.82 Å². The molecule has 0 unspecified atom stereocenters. The Morgan fingerprint density at radius 3 is 2.38 bits per heavy atom. The van der Waals surface area contributed by atoms with E-state index in [4.69, 9.17) is 4.74 Å². The van der Waals surface area contributed by atoms with E-state index >= 15 is 0 Å². The maximum absolute atomic E-state index is 13.8. The van der Waals surface area contributed by atoms with E-state index in [0.29, 0.717) is 17.6 Å². The maximum Gasteiger partial charge on any atom is 0.419 e. The molecule has 7 nitrogen and oxygen atoms in total. The molecular formula is C26H27F4N5O2. The Bertz CT molecular complexity index is 1280. The second kappa shape index (κ2) is 10.9. The van der Waals surface area contributed by atoms with Crippen LogP contribution in [-0.2, 0) is 6.18 Å². The zero-order valence-corrected chi connectivity index (χ0v) is 20.4. The predicted molar refractivity (Wildman–Crippen MR) is 135 cm³/mol. The number of anilines is 5. The van der Waals surface area contributed by atoms with Gasteiger partial charge in [-0.1, -0.05) is 0 Å². The average molecular weight is 518 g/mol. The Balaban J connectivity index is 1.67. The number of amides is 1. The van der Waals surface area contributed by atoms with Gasteiger partial charge in [0.25, 0.3) is 5.91 Å². The molecule has 1 aliphatic heterocycles. The van der Waals surface area contributed by atoms with Crippen LogP contribution >= 0.6 is 0 Å². The molecule has 11 heteroatoms. The lowest BCUT2D eigenvalue weighted by Gasteiger charge is -2.29. The van der Waals surface area contributed by atoms with Crippen molar-refractivity contribution < 1.29 is 27.1 Å². The highest BCUT2D eigenvalue weighted by molar-refractivity contribution is 6.00. The van der Waals surface area contributed by atoms with E-state index in [0.717, 1.165) is 43.8 Å². The molecule has 0 radical (unpaired) electrons. The maximum atomic E-state index is 13.8. The van der Waals surface area contributed by atoms with Gasteiger partial charge < -0.3 is 25.6 Å². The van der Waals surface area contributed by atoms with E-state index in [1.807, 2.05) is 12.1 Å². The first-order chi connectivity index (χ1) is 17.7. The third-order valence-corrected chi connectivity index (χ3v) is 6.10. The molecule has 2 aromatic carbocycles. The van der Waals surface area contributed by atoms with Crippen LogP contribution < -0.4 is 25.6 Å². The largest absolute Gasteiger partial charge is 0.494 e. The van der Waals surface area contributed by atoms with Gasteiger partial charge in [-0.2, -0.15) is 13.2 Å². The van der Waals surface area contributed by atoms with Crippen molar-refractivity contribution in [1.82, 2.24) is 10.3 Å². The van der Waals surface area contributed by atoms with Crippen molar-refractivity contribution in [2.75, 3.05) is 42.8 Å². The van der Waals surface area contributed by atoms with E-state index in [9.17, 15) is 22.4 Å². The summed E-state index contributed by atoms with van der Waals surface area (Å²) >= 11 is 0. The highest BCUT2D eigenvalue weighted by Gasteiger charge is 2.34. The molecule has 1 amide bonds. The number of aromatic nitrogens is 1. The molecule has 0 atom stereocenters. The summed E-state index contributed by atoms with van der Waals surface area (Å²) in [4.78, 5) is 18.4. The van der Waals surface area contributed by atoms with Gasteiger partial charge in [0, 0.05) is 44.2 Å². The molecule has 0 spiro atoms. The van der Waals surface area contributed by atoms with Crippen molar-refractivity contribution in [2.45, 2.75) is 25.4 Å². The average Bonchev–Trinajstić information content (AvgIpc) is 2.89. The molecule has 37 heavy (non-hydrogen) atoms. The number of carbonyl (C=O) groups is 1. The summed E-state index contributed by atoms with van der Waals surface area (Å²) in [7, 11) is 2.86. The van der Waals surface area contributed by atoms with Crippen LogP contribution in [0.5, 0.6) is 5.75 Å². The quantitative estimate of drug-likeness (QED) is 0.330. The van der Waals surface area contributed by atoms with Crippen molar-refractivity contribution in [1.29, 1.82) is 0 Å². The lowest BCUT2D eigenvalue weighted by Crippen LogP contribution is -2.29. The van der Waals surface area contributed by atoms with Crippen LogP contribution in [0.3, 0.4) is 0 Å². The van der Waals surface area contributed by atoms with Crippen molar-refractivity contribution in [2.24, 2.45) is 0 Å². The van der Waals surface area contributed by atoms with E-state index in [-0.39, 0.29) is 22.8 Å². The van der Waals surface area contributed by atoms with Gasteiger partial charge in [-0.3, -0.25) is 4.79 Å². The van der Waals surface area contributed by atoms with Crippen LogP contribution in [0.1, 0.15) is 35.2 Å². The van der Waals surface area contributed by atoms with Crippen molar-refractivity contribution in [3.63, 3.8) is 0 Å². The second-order valence-electron chi connectivity index (χ2n) is 8.56. The molecule has 196 valence electrons. The molecule has 0 aliphatic carbocycles. The summed E-state index contributed by atoms with van der Waals surface area (Å²) in [5.41, 5.74) is -0.00994. The number of carbonyl (C=O) groups excluding carboxylic acids is 1.